The Morgan fingerprint density at radius 2 is 0.688 bits per heavy atom. The SMILES string of the molecule is N.N.O=[N+]([O-])C(=C([N+](=O)[O-])[N+](=O)[O-])[N+](=O)[O-]. The molecule has 0 aromatic heterocycles. The zero-order chi connectivity index (χ0) is 11.5. The average Bonchev–Trinajstić information content (AvgIpc) is 1.96. The molecule has 0 aliphatic carbocycles. The van der Waals surface area contributed by atoms with Crippen molar-refractivity contribution in [2.45, 2.75) is 0 Å². The van der Waals surface area contributed by atoms with E-state index in [-0.39, 0.29) is 12.3 Å². The maximum absolute atomic E-state index is 9.89. The summed E-state index contributed by atoms with van der Waals surface area (Å²) in [7, 11) is 0. The van der Waals surface area contributed by atoms with Gasteiger partial charge in [-0.25, -0.2) is 0 Å². The second kappa shape index (κ2) is 6.68. The normalized spacial score (nSPS) is 7.75. The minimum atomic E-state index is -2.28. The Morgan fingerprint density at radius 3 is 0.750 bits per heavy atom. The number of nitrogens with zero attached hydrogens (tertiary/aromatic N) is 4. The van der Waals surface area contributed by atoms with Crippen molar-refractivity contribution in [3.05, 3.63) is 52.1 Å². The predicted octanol–water partition coefficient (Wildman–Crippen LogP) is -0.456. The van der Waals surface area contributed by atoms with Gasteiger partial charge in [-0.1, -0.05) is 0 Å². The molecule has 92 valence electrons. The molecule has 0 aromatic rings. The molecule has 0 saturated carbocycles. The molecular formula is C2H6N6O8. The molecular weight excluding hydrogens is 236 g/mol. The molecule has 0 unspecified atom stereocenters. The molecule has 0 saturated heterocycles. The highest BCUT2D eigenvalue weighted by molar-refractivity contribution is 4.80. The number of rotatable bonds is 4. The fourth-order valence-corrected chi connectivity index (χ4v) is 0.460. The maximum atomic E-state index is 9.89. The molecule has 0 heterocycles. The molecule has 0 bridgehead atoms. The van der Waals surface area contributed by atoms with Crippen LogP contribution >= 0.6 is 0 Å². The topological polar surface area (TPSA) is 243 Å². The highest BCUT2D eigenvalue weighted by atomic mass is 16.7. The van der Waals surface area contributed by atoms with Gasteiger partial charge in [0.15, 0.2) is 0 Å². The molecule has 0 aliphatic rings. The summed E-state index contributed by atoms with van der Waals surface area (Å²) in [6.07, 6.45) is 0. The van der Waals surface area contributed by atoms with Crippen molar-refractivity contribution >= 4 is 0 Å². The van der Waals surface area contributed by atoms with Crippen LogP contribution in [-0.2, 0) is 0 Å². The Labute approximate surface area is 85.3 Å². The lowest BCUT2D eigenvalue weighted by Crippen LogP contribution is -2.21. The third kappa shape index (κ3) is 3.98. The van der Waals surface area contributed by atoms with Crippen molar-refractivity contribution in [2.75, 3.05) is 0 Å². The second-order valence-electron chi connectivity index (χ2n) is 1.68. The minimum absolute atomic E-state index is 0. The first-order valence-corrected chi connectivity index (χ1v) is 2.61. The van der Waals surface area contributed by atoms with E-state index >= 15 is 0 Å². The highest BCUT2D eigenvalue weighted by Crippen LogP contribution is 2.07. The van der Waals surface area contributed by atoms with E-state index in [1.165, 1.54) is 0 Å². The lowest BCUT2D eigenvalue weighted by molar-refractivity contribution is -0.682. The van der Waals surface area contributed by atoms with Gasteiger partial charge in [-0.05, 0) is 0 Å². The van der Waals surface area contributed by atoms with Crippen molar-refractivity contribution in [1.82, 2.24) is 12.3 Å². The lowest BCUT2D eigenvalue weighted by atomic mass is 10.7. The molecule has 16 heavy (non-hydrogen) atoms. The van der Waals surface area contributed by atoms with E-state index < -0.39 is 31.3 Å². The van der Waals surface area contributed by atoms with E-state index in [2.05, 4.69) is 0 Å². The molecule has 0 aromatic carbocycles. The molecule has 14 heteroatoms. The first-order valence-electron chi connectivity index (χ1n) is 2.61. The fourth-order valence-electron chi connectivity index (χ4n) is 0.460. The number of hydrogen-bond acceptors (Lipinski definition) is 10. The van der Waals surface area contributed by atoms with Gasteiger partial charge < -0.3 is 12.3 Å². The number of hydrogen-bond donors (Lipinski definition) is 2. The summed E-state index contributed by atoms with van der Waals surface area (Å²) in [5.41, 5.74) is 0. The highest BCUT2D eigenvalue weighted by Gasteiger charge is 2.52. The van der Waals surface area contributed by atoms with Crippen LogP contribution in [0.5, 0.6) is 0 Å². The van der Waals surface area contributed by atoms with Gasteiger partial charge in [0.25, 0.3) is 0 Å². The molecule has 0 atom stereocenters. The molecule has 0 rings (SSSR count). The van der Waals surface area contributed by atoms with Crippen LogP contribution in [0.2, 0.25) is 0 Å². The quantitative estimate of drug-likeness (QED) is 0.473. The maximum Gasteiger partial charge on any atom is 0.715 e. The Morgan fingerprint density at radius 1 is 0.562 bits per heavy atom. The van der Waals surface area contributed by atoms with Gasteiger partial charge in [0.2, 0.25) is 0 Å². The van der Waals surface area contributed by atoms with Crippen LogP contribution in [-0.4, -0.2) is 19.7 Å². The summed E-state index contributed by atoms with van der Waals surface area (Å²) >= 11 is 0. The first kappa shape index (κ1) is 18.9. The van der Waals surface area contributed by atoms with Crippen LogP contribution in [0, 0.1) is 40.5 Å². The van der Waals surface area contributed by atoms with Gasteiger partial charge in [0, 0.05) is 0 Å². The minimum Gasteiger partial charge on any atom is -0.344 e. The van der Waals surface area contributed by atoms with Crippen LogP contribution in [0.15, 0.2) is 11.6 Å². The summed E-state index contributed by atoms with van der Waals surface area (Å²) < 4.78 is 0. The van der Waals surface area contributed by atoms with E-state index in [4.69, 9.17) is 0 Å². The van der Waals surface area contributed by atoms with Crippen molar-refractivity contribution < 1.29 is 19.7 Å². The Bertz CT molecular complexity index is 292. The van der Waals surface area contributed by atoms with Gasteiger partial charge in [-0.2, -0.15) is 0 Å². The molecule has 0 fully saturated rings. The standard InChI is InChI=1S/C2N4O8.2H3N/c7-3(8)1(4(9)10)2(5(11)12)6(13)14;;/h;2*1H3. The van der Waals surface area contributed by atoms with E-state index in [1.54, 1.807) is 0 Å². The Balaban J connectivity index is -0.000000845. The van der Waals surface area contributed by atoms with Gasteiger partial charge in [0.05, 0.1) is 0 Å². The van der Waals surface area contributed by atoms with Crippen molar-refractivity contribution in [1.29, 1.82) is 0 Å². The van der Waals surface area contributed by atoms with Crippen LogP contribution in [0.1, 0.15) is 0 Å². The molecule has 0 spiro atoms. The second-order valence-corrected chi connectivity index (χ2v) is 1.68. The summed E-state index contributed by atoms with van der Waals surface area (Å²) in [5, 5.41) is 39.6. The summed E-state index contributed by atoms with van der Waals surface area (Å²) in [4.78, 5) is 32.3. The van der Waals surface area contributed by atoms with Gasteiger partial charge in [-0.3, -0.25) is 40.5 Å². The van der Waals surface area contributed by atoms with Gasteiger partial charge in [-0.15, -0.1) is 0 Å². The zero-order valence-corrected chi connectivity index (χ0v) is 7.47. The lowest BCUT2D eigenvalue weighted by Gasteiger charge is -1.86. The van der Waals surface area contributed by atoms with Crippen molar-refractivity contribution in [3.8, 4) is 0 Å². The monoisotopic (exact) mass is 242 g/mol. The molecule has 0 amide bonds. The van der Waals surface area contributed by atoms with Crippen molar-refractivity contribution in [2.24, 2.45) is 0 Å². The van der Waals surface area contributed by atoms with Crippen LogP contribution in [0.4, 0.5) is 0 Å². The molecule has 0 aliphatic heterocycles. The Kier molecular flexibility index (Phi) is 7.90. The van der Waals surface area contributed by atoms with E-state index in [0.717, 1.165) is 0 Å². The van der Waals surface area contributed by atoms with E-state index in [9.17, 15) is 40.5 Å². The summed E-state index contributed by atoms with van der Waals surface area (Å²) in [6, 6.07) is 0. The smallest absolute Gasteiger partial charge is 0.344 e. The summed E-state index contributed by atoms with van der Waals surface area (Å²) in [6.45, 7) is 0. The van der Waals surface area contributed by atoms with Crippen LogP contribution in [0.3, 0.4) is 0 Å². The van der Waals surface area contributed by atoms with E-state index in [0.29, 0.717) is 0 Å². The zero-order valence-electron chi connectivity index (χ0n) is 7.47. The van der Waals surface area contributed by atoms with E-state index in [1.807, 2.05) is 0 Å². The molecule has 6 N–H and O–H groups in total. The number of nitro groups is 4. The average molecular weight is 242 g/mol. The summed E-state index contributed by atoms with van der Waals surface area (Å²) in [5.74, 6) is -4.56. The largest absolute Gasteiger partial charge is 0.715 e. The fraction of sp³-hybridized carbons (Fsp3) is 0. The third-order valence-electron chi connectivity index (χ3n) is 0.892. The predicted molar refractivity (Wildman–Crippen MR) is 45.0 cm³/mol. The van der Waals surface area contributed by atoms with Crippen molar-refractivity contribution in [3.63, 3.8) is 0 Å². The van der Waals surface area contributed by atoms with Crippen LogP contribution in [0.25, 0.3) is 0 Å². The molecule has 0 radical (unpaired) electrons. The Hall–Kier alpha value is -2.74. The van der Waals surface area contributed by atoms with Gasteiger partial charge >= 0.3 is 11.6 Å². The third-order valence-corrected chi connectivity index (χ3v) is 0.892. The van der Waals surface area contributed by atoms with Gasteiger partial charge in [0.1, 0.15) is 19.7 Å². The first-order chi connectivity index (χ1) is 6.29. The molecule has 14 nitrogen and oxygen atoms in total. The van der Waals surface area contributed by atoms with Crippen LogP contribution < -0.4 is 12.3 Å².